The Morgan fingerprint density at radius 2 is 1.84 bits per heavy atom. The van der Waals surface area contributed by atoms with Gasteiger partial charge in [0.15, 0.2) is 0 Å². The molecule has 0 aromatic heterocycles. The van der Waals surface area contributed by atoms with Crippen LogP contribution in [0.4, 0.5) is 18.0 Å². The van der Waals surface area contributed by atoms with E-state index in [-0.39, 0.29) is 18.2 Å². The predicted octanol–water partition coefficient (Wildman–Crippen LogP) is 4.15. The summed E-state index contributed by atoms with van der Waals surface area (Å²) in [6.07, 6.45) is -4.61. The molecular weight excluding hydrogens is 333 g/mol. The Kier molecular flexibility index (Phi) is 5.37. The third-order valence-electron chi connectivity index (χ3n) is 4.42. The molecule has 4 nitrogen and oxygen atoms in total. The molecule has 1 fully saturated rings. The van der Waals surface area contributed by atoms with E-state index in [4.69, 9.17) is 10.5 Å². The van der Waals surface area contributed by atoms with E-state index in [0.717, 1.165) is 6.07 Å². The Balaban J connectivity index is 2.31. The lowest BCUT2D eigenvalue weighted by molar-refractivity contribution is -0.138. The molecule has 0 radical (unpaired) electrons. The topological polar surface area (TPSA) is 55.6 Å². The molecule has 1 aromatic carbocycles. The third kappa shape index (κ3) is 4.66. The van der Waals surface area contributed by atoms with Crippen LogP contribution in [0.15, 0.2) is 24.3 Å². The van der Waals surface area contributed by atoms with Gasteiger partial charge in [-0.25, -0.2) is 4.79 Å². The zero-order chi connectivity index (χ0) is 19.0. The number of carbonyl (C=O) groups is 1. The number of piperidine rings is 1. The van der Waals surface area contributed by atoms with Gasteiger partial charge in [0, 0.05) is 24.5 Å². The first-order valence-electron chi connectivity index (χ1n) is 8.31. The quantitative estimate of drug-likeness (QED) is 0.821. The average molecular weight is 358 g/mol. The van der Waals surface area contributed by atoms with Crippen LogP contribution >= 0.6 is 0 Å². The largest absolute Gasteiger partial charge is 0.444 e. The number of hydrogen-bond acceptors (Lipinski definition) is 3. The molecule has 1 aliphatic heterocycles. The van der Waals surface area contributed by atoms with E-state index < -0.39 is 35.4 Å². The SMILES string of the molecule is CC1C(N)CC(c2ccccc2C(F)(F)F)CN1C(=O)OC(C)(C)C. The Bertz CT molecular complexity index is 625. The molecule has 1 aromatic rings. The highest BCUT2D eigenvalue weighted by Crippen LogP contribution is 2.39. The standard InChI is InChI=1S/C18H25F3N2O2/c1-11-15(22)9-12(10-23(11)16(24)25-17(2,3)4)13-7-5-6-8-14(13)18(19,20)21/h5-8,11-12,15H,9-10,22H2,1-4H3. The van der Waals surface area contributed by atoms with Gasteiger partial charge in [0.2, 0.25) is 0 Å². The van der Waals surface area contributed by atoms with Gasteiger partial charge in [0.25, 0.3) is 0 Å². The molecule has 140 valence electrons. The molecule has 1 aliphatic rings. The molecule has 1 saturated heterocycles. The van der Waals surface area contributed by atoms with Crippen molar-refractivity contribution in [2.75, 3.05) is 6.54 Å². The zero-order valence-corrected chi connectivity index (χ0v) is 14.9. The molecule has 2 N–H and O–H groups in total. The van der Waals surface area contributed by atoms with Gasteiger partial charge >= 0.3 is 12.3 Å². The van der Waals surface area contributed by atoms with E-state index in [2.05, 4.69) is 0 Å². The number of benzene rings is 1. The second-order valence-electron chi connectivity index (χ2n) is 7.55. The van der Waals surface area contributed by atoms with Crippen molar-refractivity contribution in [3.05, 3.63) is 35.4 Å². The van der Waals surface area contributed by atoms with Crippen molar-refractivity contribution >= 4 is 6.09 Å². The van der Waals surface area contributed by atoms with Crippen LogP contribution in [0, 0.1) is 0 Å². The van der Waals surface area contributed by atoms with Crippen molar-refractivity contribution < 1.29 is 22.7 Å². The lowest BCUT2D eigenvalue weighted by Gasteiger charge is -2.42. The first-order valence-corrected chi connectivity index (χ1v) is 8.31. The minimum atomic E-state index is -4.44. The number of rotatable bonds is 1. The first kappa shape index (κ1) is 19.6. The van der Waals surface area contributed by atoms with Crippen LogP contribution in [0.2, 0.25) is 0 Å². The van der Waals surface area contributed by atoms with Crippen LogP contribution < -0.4 is 5.73 Å². The summed E-state index contributed by atoms with van der Waals surface area (Å²) in [5, 5.41) is 0. The highest BCUT2D eigenvalue weighted by atomic mass is 19.4. The Morgan fingerprint density at radius 3 is 2.40 bits per heavy atom. The third-order valence-corrected chi connectivity index (χ3v) is 4.42. The van der Waals surface area contributed by atoms with Crippen molar-refractivity contribution in [1.82, 2.24) is 4.90 Å². The molecule has 0 aliphatic carbocycles. The van der Waals surface area contributed by atoms with Gasteiger partial charge in [-0.05, 0) is 45.7 Å². The van der Waals surface area contributed by atoms with Gasteiger partial charge in [-0.1, -0.05) is 18.2 Å². The molecule has 25 heavy (non-hydrogen) atoms. The molecule has 0 saturated carbocycles. The van der Waals surface area contributed by atoms with Crippen LogP contribution in [0.3, 0.4) is 0 Å². The summed E-state index contributed by atoms with van der Waals surface area (Å²) in [6, 6.07) is 4.74. The van der Waals surface area contributed by atoms with Gasteiger partial charge in [-0.15, -0.1) is 0 Å². The number of halogens is 3. The highest BCUT2D eigenvalue weighted by molar-refractivity contribution is 5.69. The lowest BCUT2D eigenvalue weighted by atomic mass is 9.83. The minimum absolute atomic E-state index is 0.150. The Labute approximate surface area is 146 Å². The van der Waals surface area contributed by atoms with Crippen LogP contribution in [-0.4, -0.2) is 35.2 Å². The smallest absolute Gasteiger partial charge is 0.416 e. The van der Waals surface area contributed by atoms with E-state index in [1.54, 1.807) is 33.8 Å². The van der Waals surface area contributed by atoms with Gasteiger partial charge < -0.3 is 15.4 Å². The van der Waals surface area contributed by atoms with Crippen LogP contribution in [0.1, 0.15) is 51.2 Å². The van der Waals surface area contributed by atoms with Gasteiger partial charge in [-0.2, -0.15) is 13.2 Å². The normalized spacial score (nSPS) is 25.0. The summed E-state index contributed by atoms with van der Waals surface area (Å²) in [7, 11) is 0. The summed E-state index contributed by atoms with van der Waals surface area (Å²) in [5.41, 5.74) is 4.94. The van der Waals surface area contributed by atoms with E-state index in [9.17, 15) is 18.0 Å². The average Bonchev–Trinajstić information content (AvgIpc) is 2.47. The molecule has 3 atom stereocenters. The van der Waals surface area contributed by atoms with E-state index in [1.807, 2.05) is 0 Å². The maximum absolute atomic E-state index is 13.3. The maximum Gasteiger partial charge on any atom is 0.416 e. The van der Waals surface area contributed by atoms with E-state index >= 15 is 0 Å². The van der Waals surface area contributed by atoms with Crippen molar-refractivity contribution in [3.63, 3.8) is 0 Å². The molecule has 0 bridgehead atoms. The van der Waals surface area contributed by atoms with Gasteiger partial charge in [0.1, 0.15) is 5.60 Å². The maximum atomic E-state index is 13.3. The fourth-order valence-electron chi connectivity index (χ4n) is 3.13. The predicted molar refractivity (Wildman–Crippen MR) is 89.2 cm³/mol. The lowest BCUT2D eigenvalue weighted by Crippen LogP contribution is -2.56. The Hall–Kier alpha value is -1.76. The fourth-order valence-corrected chi connectivity index (χ4v) is 3.13. The highest BCUT2D eigenvalue weighted by Gasteiger charge is 2.40. The number of nitrogens with zero attached hydrogens (tertiary/aromatic N) is 1. The number of ether oxygens (including phenoxy) is 1. The summed E-state index contributed by atoms with van der Waals surface area (Å²) >= 11 is 0. The summed E-state index contributed by atoms with van der Waals surface area (Å²) < 4.78 is 45.3. The first-order chi connectivity index (χ1) is 11.4. The number of carbonyl (C=O) groups excluding carboxylic acids is 1. The Morgan fingerprint density at radius 1 is 1.24 bits per heavy atom. The monoisotopic (exact) mass is 358 g/mol. The van der Waals surface area contributed by atoms with Gasteiger partial charge in [-0.3, -0.25) is 0 Å². The van der Waals surface area contributed by atoms with Gasteiger partial charge in [0.05, 0.1) is 5.56 Å². The minimum Gasteiger partial charge on any atom is -0.444 e. The second-order valence-corrected chi connectivity index (χ2v) is 7.55. The molecule has 1 heterocycles. The molecule has 0 spiro atoms. The molecule has 3 unspecified atom stereocenters. The number of likely N-dealkylation sites (tertiary alicyclic amines) is 1. The number of alkyl halides is 3. The van der Waals surface area contributed by atoms with Crippen LogP contribution in [0.5, 0.6) is 0 Å². The zero-order valence-electron chi connectivity index (χ0n) is 14.9. The number of hydrogen-bond donors (Lipinski definition) is 1. The molecular formula is C18H25F3N2O2. The van der Waals surface area contributed by atoms with Crippen LogP contribution in [-0.2, 0) is 10.9 Å². The fraction of sp³-hybridized carbons (Fsp3) is 0.611. The van der Waals surface area contributed by atoms with Crippen molar-refractivity contribution in [1.29, 1.82) is 0 Å². The number of nitrogens with two attached hydrogens (primary N) is 1. The molecule has 2 rings (SSSR count). The van der Waals surface area contributed by atoms with Crippen LogP contribution in [0.25, 0.3) is 0 Å². The summed E-state index contributed by atoms with van der Waals surface area (Å²) in [5.74, 6) is -0.489. The van der Waals surface area contributed by atoms with Crippen molar-refractivity contribution in [3.8, 4) is 0 Å². The van der Waals surface area contributed by atoms with E-state index in [0.29, 0.717) is 6.42 Å². The molecule has 1 amide bonds. The summed E-state index contributed by atoms with van der Waals surface area (Å²) in [4.78, 5) is 13.9. The molecule has 7 heteroatoms. The van der Waals surface area contributed by atoms with E-state index in [1.165, 1.54) is 17.0 Å². The summed E-state index contributed by atoms with van der Waals surface area (Å²) in [6.45, 7) is 7.18. The van der Waals surface area contributed by atoms with Crippen molar-refractivity contribution in [2.24, 2.45) is 5.73 Å². The second kappa shape index (κ2) is 6.86. The number of amides is 1. The van der Waals surface area contributed by atoms with Crippen molar-refractivity contribution in [2.45, 2.75) is 63.9 Å².